The molecule has 0 bridgehead atoms. The summed E-state index contributed by atoms with van der Waals surface area (Å²) in [6.07, 6.45) is 0. The minimum absolute atomic E-state index is 0.160. The van der Waals surface area contributed by atoms with Crippen LogP contribution in [0.4, 0.5) is 11.4 Å². The lowest BCUT2D eigenvalue weighted by Crippen LogP contribution is -2.27. The quantitative estimate of drug-likeness (QED) is 0.704. The van der Waals surface area contributed by atoms with Crippen molar-refractivity contribution in [2.45, 2.75) is 11.8 Å². The Kier molecular flexibility index (Phi) is 5.81. The minimum atomic E-state index is -3.65. The fourth-order valence-corrected chi connectivity index (χ4v) is 3.23. The van der Waals surface area contributed by atoms with E-state index < -0.39 is 10.0 Å². The smallest absolute Gasteiger partial charge is 0.261 e. The summed E-state index contributed by atoms with van der Waals surface area (Å²) in [5, 5.41) is 6.95. The second kappa shape index (κ2) is 7.63. The van der Waals surface area contributed by atoms with Crippen LogP contribution < -0.4 is 15.4 Å². The van der Waals surface area contributed by atoms with Crippen LogP contribution in [0.1, 0.15) is 6.92 Å². The van der Waals surface area contributed by atoms with Gasteiger partial charge in [0.1, 0.15) is 0 Å². The maximum atomic E-state index is 12.3. The van der Waals surface area contributed by atoms with Gasteiger partial charge in [0.25, 0.3) is 10.0 Å². The zero-order valence-corrected chi connectivity index (χ0v) is 14.7. The largest absolute Gasteiger partial charge is 0.363 e. The zero-order chi connectivity index (χ0) is 16.9. The molecule has 0 aliphatic carbocycles. The van der Waals surface area contributed by atoms with Gasteiger partial charge in [0.05, 0.1) is 4.90 Å². The predicted octanol–water partition coefficient (Wildman–Crippen LogP) is 3.45. The first-order chi connectivity index (χ1) is 10.9. The Morgan fingerprint density at radius 3 is 2.17 bits per heavy atom. The first-order valence-corrected chi connectivity index (χ1v) is 9.11. The topological polar surface area (TPSA) is 70.2 Å². The normalized spacial score (nSPS) is 10.9. The Morgan fingerprint density at radius 1 is 1.04 bits per heavy atom. The van der Waals surface area contributed by atoms with Gasteiger partial charge in [0.15, 0.2) is 5.11 Å². The van der Waals surface area contributed by atoms with E-state index in [1.54, 1.807) is 36.4 Å². The Balaban J connectivity index is 2.11. The molecule has 2 aromatic rings. The van der Waals surface area contributed by atoms with Crippen molar-refractivity contribution in [2.75, 3.05) is 16.6 Å². The number of nitrogens with one attached hydrogen (secondary N) is 3. The number of rotatable bonds is 5. The van der Waals surface area contributed by atoms with Gasteiger partial charge >= 0.3 is 0 Å². The van der Waals surface area contributed by atoms with E-state index in [0.29, 0.717) is 28.1 Å². The summed E-state index contributed by atoms with van der Waals surface area (Å²) < 4.78 is 27.1. The first kappa shape index (κ1) is 17.5. The summed E-state index contributed by atoms with van der Waals surface area (Å²) in [5.41, 5.74) is 1.16. The minimum Gasteiger partial charge on any atom is -0.363 e. The molecule has 122 valence electrons. The highest BCUT2D eigenvalue weighted by atomic mass is 35.5. The maximum absolute atomic E-state index is 12.3. The molecular formula is C15H16ClN3O2S2. The van der Waals surface area contributed by atoms with E-state index in [1.165, 1.54) is 12.1 Å². The van der Waals surface area contributed by atoms with Crippen LogP contribution in [0.3, 0.4) is 0 Å². The van der Waals surface area contributed by atoms with Crippen molar-refractivity contribution in [2.24, 2.45) is 0 Å². The lowest BCUT2D eigenvalue weighted by Gasteiger charge is -2.11. The fraction of sp³-hybridized carbons (Fsp3) is 0.133. The number of thiocarbonyl (C=S) groups is 1. The average molecular weight is 370 g/mol. The molecule has 0 aliphatic rings. The first-order valence-electron chi connectivity index (χ1n) is 6.84. The Bertz CT molecular complexity index is 775. The lowest BCUT2D eigenvalue weighted by molar-refractivity contribution is 0.601. The van der Waals surface area contributed by atoms with Crippen molar-refractivity contribution in [3.63, 3.8) is 0 Å². The molecule has 8 heteroatoms. The Labute approximate surface area is 146 Å². The predicted molar refractivity (Wildman–Crippen MR) is 98.6 cm³/mol. The molecule has 23 heavy (non-hydrogen) atoms. The van der Waals surface area contributed by atoms with Crippen LogP contribution in [0.25, 0.3) is 0 Å². The van der Waals surface area contributed by atoms with Crippen LogP contribution in [0.5, 0.6) is 0 Å². The molecule has 0 saturated carbocycles. The summed E-state index contributed by atoms with van der Waals surface area (Å²) in [5.74, 6) is 0. The van der Waals surface area contributed by atoms with Gasteiger partial charge in [0, 0.05) is 22.9 Å². The zero-order valence-electron chi connectivity index (χ0n) is 12.3. The van der Waals surface area contributed by atoms with E-state index in [4.69, 9.17) is 23.8 Å². The van der Waals surface area contributed by atoms with Gasteiger partial charge < -0.3 is 10.6 Å². The van der Waals surface area contributed by atoms with Gasteiger partial charge in [-0.2, -0.15) is 0 Å². The molecule has 0 fully saturated rings. The van der Waals surface area contributed by atoms with E-state index >= 15 is 0 Å². The van der Waals surface area contributed by atoms with Gasteiger partial charge in [-0.15, -0.1) is 0 Å². The molecule has 3 N–H and O–H groups in total. The summed E-state index contributed by atoms with van der Waals surface area (Å²) in [6.45, 7) is 2.65. The average Bonchev–Trinajstić information content (AvgIpc) is 2.50. The summed E-state index contributed by atoms with van der Waals surface area (Å²) in [6, 6.07) is 12.8. The molecule has 0 atom stereocenters. The molecule has 0 radical (unpaired) electrons. The molecule has 2 rings (SSSR count). The molecule has 0 spiro atoms. The third kappa shape index (κ3) is 5.09. The number of hydrogen-bond acceptors (Lipinski definition) is 3. The van der Waals surface area contributed by atoms with Gasteiger partial charge in [-0.25, -0.2) is 8.42 Å². The number of sulfonamides is 1. The molecule has 2 aromatic carbocycles. The van der Waals surface area contributed by atoms with Gasteiger partial charge in [0.2, 0.25) is 0 Å². The lowest BCUT2D eigenvalue weighted by atomic mass is 10.3. The molecule has 0 aromatic heterocycles. The number of anilines is 2. The van der Waals surface area contributed by atoms with Gasteiger partial charge in [-0.3, -0.25) is 4.72 Å². The van der Waals surface area contributed by atoms with Crippen molar-refractivity contribution in [3.8, 4) is 0 Å². The van der Waals surface area contributed by atoms with E-state index in [-0.39, 0.29) is 4.90 Å². The summed E-state index contributed by atoms with van der Waals surface area (Å²) >= 11 is 10.9. The van der Waals surface area contributed by atoms with Gasteiger partial charge in [-0.1, -0.05) is 11.6 Å². The van der Waals surface area contributed by atoms with Crippen LogP contribution >= 0.6 is 23.8 Å². The van der Waals surface area contributed by atoms with Crippen molar-refractivity contribution in [3.05, 3.63) is 53.6 Å². The highest BCUT2D eigenvalue weighted by molar-refractivity contribution is 7.92. The standard InChI is InChI=1S/C15H16ClN3O2S2/c1-2-17-15(22)18-12-7-9-14(10-8-12)23(20,21)19-13-5-3-11(16)4-6-13/h3-10,19H,2H2,1H3,(H2,17,18,22). The van der Waals surface area contributed by atoms with Crippen LogP contribution in [-0.2, 0) is 10.0 Å². The van der Waals surface area contributed by atoms with Crippen LogP contribution in [0, 0.1) is 0 Å². The Hall–Kier alpha value is -1.83. The highest BCUT2D eigenvalue weighted by Gasteiger charge is 2.14. The second-order valence-corrected chi connectivity index (χ2v) is 7.15. The number of hydrogen-bond donors (Lipinski definition) is 3. The van der Waals surface area contributed by atoms with Crippen molar-refractivity contribution < 1.29 is 8.42 Å². The Morgan fingerprint density at radius 2 is 1.61 bits per heavy atom. The van der Waals surface area contributed by atoms with E-state index in [2.05, 4.69) is 15.4 Å². The molecular weight excluding hydrogens is 354 g/mol. The van der Waals surface area contributed by atoms with E-state index in [9.17, 15) is 8.42 Å². The molecule has 0 amide bonds. The SMILES string of the molecule is CCNC(=S)Nc1ccc(S(=O)(=O)Nc2ccc(Cl)cc2)cc1. The molecule has 0 saturated heterocycles. The van der Waals surface area contributed by atoms with Crippen LogP contribution in [0.15, 0.2) is 53.4 Å². The van der Waals surface area contributed by atoms with Gasteiger partial charge in [-0.05, 0) is 67.7 Å². The number of halogens is 1. The molecule has 0 heterocycles. The van der Waals surface area contributed by atoms with Crippen LogP contribution in [-0.4, -0.2) is 20.1 Å². The molecule has 5 nitrogen and oxygen atoms in total. The second-order valence-electron chi connectivity index (χ2n) is 4.62. The maximum Gasteiger partial charge on any atom is 0.261 e. The summed E-state index contributed by atoms with van der Waals surface area (Å²) in [4.78, 5) is 0.160. The van der Waals surface area contributed by atoms with E-state index in [1.807, 2.05) is 6.92 Å². The summed E-state index contributed by atoms with van der Waals surface area (Å²) in [7, 11) is -3.65. The monoisotopic (exact) mass is 369 g/mol. The fourth-order valence-electron chi connectivity index (χ4n) is 1.79. The molecule has 0 unspecified atom stereocenters. The van der Waals surface area contributed by atoms with Crippen molar-refractivity contribution >= 4 is 50.3 Å². The van der Waals surface area contributed by atoms with Crippen molar-refractivity contribution in [1.82, 2.24) is 5.32 Å². The third-order valence-corrected chi connectivity index (χ3v) is 4.75. The number of benzene rings is 2. The third-order valence-electron chi connectivity index (χ3n) is 2.86. The van der Waals surface area contributed by atoms with Crippen molar-refractivity contribution in [1.29, 1.82) is 0 Å². The van der Waals surface area contributed by atoms with Crippen LogP contribution in [0.2, 0.25) is 5.02 Å². The highest BCUT2D eigenvalue weighted by Crippen LogP contribution is 2.19. The molecule has 0 aliphatic heterocycles. The van der Waals surface area contributed by atoms with E-state index in [0.717, 1.165) is 0 Å².